The smallest absolute Gasteiger partial charge is 0.122 e. The first-order valence-corrected chi connectivity index (χ1v) is 7.62. The fourth-order valence-corrected chi connectivity index (χ4v) is 3.25. The molecule has 0 aromatic heterocycles. The highest BCUT2D eigenvalue weighted by Crippen LogP contribution is 2.31. The molecule has 0 radical (unpaired) electrons. The third-order valence-corrected chi connectivity index (χ3v) is 4.37. The van der Waals surface area contributed by atoms with Crippen LogP contribution in [0.3, 0.4) is 0 Å². The molecule has 2 nitrogen and oxygen atoms in total. The van der Waals surface area contributed by atoms with E-state index < -0.39 is 0 Å². The fourth-order valence-electron chi connectivity index (χ4n) is 3.05. The fraction of sp³-hybridized carbons (Fsp3) is 0.625. The van der Waals surface area contributed by atoms with Crippen molar-refractivity contribution >= 4 is 11.6 Å². The van der Waals surface area contributed by atoms with Crippen LogP contribution in [0.5, 0.6) is 5.75 Å². The summed E-state index contributed by atoms with van der Waals surface area (Å²) in [6, 6.07) is 5.79. The van der Waals surface area contributed by atoms with Gasteiger partial charge in [-0.05, 0) is 43.0 Å². The van der Waals surface area contributed by atoms with E-state index in [1.165, 1.54) is 32.1 Å². The Bertz CT molecular complexity index is 411. The highest BCUT2D eigenvalue weighted by molar-refractivity contribution is 6.30. The van der Waals surface area contributed by atoms with Crippen LogP contribution in [0.1, 0.15) is 50.5 Å². The lowest BCUT2D eigenvalue weighted by atomic mass is 9.80. The Morgan fingerprint density at radius 1 is 1.16 bits per heavy atom. The molecule has 106 valence electrons. The van der Waals surface area contributed by atoms with Crippen molar-refractivity contribution in [1.29, 1.82) is 0 Å². The molecule has 1 fully saturated rings. The van der Waals surface area contributed by atoms with Crippen molar-refractivity contribution in [1.82, 2.24) is 0 Å². The van der Waals surface area contributed by atoms with Gasteiger partial charge in [-0.15, -0.1) is 0 Å². The summed E-state index contributed by atoms with van der Waals surface area (Å²) in [6.45, 7) is 0. The standard InChI is InChI=1S/C16H24ClNO/c1-19-15-8-7-14(17)11-13(15)12-16(18)9-5-3-2-4-6-10-16/h7-8,11H,2-6,9-10,12,18H2,1H3. The van der Waals surface area contributed by atoms with Gasteiger partial charge in [0.1, 0.15) is 5.75 Å². The van der Waals surface area contributed by atoms with Gasteiger partial charge in [0.15, 0.2) is 0 Å². The van der Waals surface area contributed by atoms with Gasteiger partial charge in [0.2, 0.25) is 0 Å². The average molecular weight is 282 g/mol. The molecule has 1 aliphatic rings. The Morgan fingerprint density at radius 3 is 2.42 bits per heavy atom. The van der Waals surface area contributed by atoms with Crippen molar-refractivity contribution in [3.63, 3.8) is 0 Å². The number of halogens is 1. The summed E-state index contributed by atoms with van der Waals surface area (Å²) in [5.74, 6) is 0.899. The van der Waals surface area contributed by atoms with E-state index in [-0.39, 0.29) is 5.54 Å². The Labute approximate surface area is 121 Å². The lowest BCUT2D eigenvalue weighted by Crippen LogP contribution is -2.42. The summed E-state index contributed by atoms with van der Waals surface area (Å²) in [5.41, 5.74) is 7.67. The van der Waals surface area contributed by atoms with Crippen LogP contribution in [-0.2, 0) is 6.42 Å². The quantitative estimate of drug-likeness (QED) is 0.895. The van der Waals surface area contributed by atoms with E-state index in [1.807, 2.05) is 18.2 Å². The van der Waals surface area contributed by atoms with Crippen LogP contribution in [0.25, 0.3) is 0 Å². The predicted octanol–water partition coefficient (Wildman–Crippen LogP) is 4.33. The molecule has 0 unspecified atom stereocenters. The second kappa shape index (κ2) is 6.62. The van der Waals surface area contributed by atoms with Crippen LogP contribution in [0.4, 0.5) is 0 Å². The summed E-state index contributed by atoms with van der Waals surface area (Å²) in [7, 11) is 1.70. The SMILES string of the molecule is COc1ccc(Cl)cc1CC1(N)CCCCCCC1. The average Bonchev–Trinajstić information content (AvgIpc) is 2.35. The lowest BCUT2D eigenvalue weighted by Gasteiger charge is -2.32. The molecule has 1 saturated carbocycles. The van der Waals surface area contributed by atoms with Gasteiger partial charge >= 0.3 is 0 Å². The zero-order valence-corrected chi connectivity index (χ0v) is 12.5. The number of methoxy groups -OCH3 is 1. The molecular formula is C16H24ClNO. The van der Waals surface area contributed by atoms with E-state index in [0.717, 1.165) is 35.6 Å². The second-order valence-corrected chi connectivity index (χ2v) is 6.20. The molecular weight excluding hydrogens is 258 g/mol. The third kappa shape index (κ3) is 4.12. The van der Waals surface area contributed by atoms with Gasteiger partial charge in [0.25, 0.3) is 0 Å². The first-order chi connectivity index (χ1) is 9.13. The van der Waals surface area contributed by atoms with Crippen LogP contribution in [-0.4, -0.2) is 12.6 Å². The summed E-state index contributed by atoms with van der Waals surface area (Å²) in [6.07, 6.45) is 9.51. The van der Waals surface area contributed by atoms with E-state index in [9.17, 15) is 0 Å². The van der Waals surface area contributed by atoms with Crippen LogP contribution < -0.4 is 10.5 Å². The molecule has 0 heterocycles. The zero-order chi connectivity index (χ0) is 13.7. The largest absolute Gasteiger partial charge is 0.496 e. The normalized spacial score (nSPS) is 19.5. The molecule has 19 heavy (non-hydrogen) atoms. The van der Waals surface area contributed by atoms with Crippen LogP contribution >= 0.6 is 11.6 Å². The summed E-state index contributed by atoms with van der Waals surface area (Å²) in [4.78, 5) is 0. The van der Waals surface area contributed by atoms with Crippen LogP contribution in [0.15, 0.2) is 18.2 Å². The Hall–Kier alpha value is -0.730. The van der Waals surface area contributed by atoms with Gasteiger partial charge in [0.05, 0.1) is 7.11 Å². The Kier molecular flexibility index (Phi) is 5.12. The van der Waals surface area contributed by atoms with Gasteiger partial charge in [-0.2, -0.15) is 0 Å². The number of hydrogen-bond acceptors (Lipinski definition) is 2. The minimum atomic E-state index is -0.0988. The first kappa shape index (κ1) is 14.7. The first-order valence-electron chi connectivity index (χ1n) is 7.24. The topological polar surface area (TPSA) is 35.2 Å². The number of benzene rings is 1. The molecule has 1 aromatic rings. The lowest BCUT2D eigenvalue weighted by molar-refractivity contribution is 0.309. The molecule has 0 aliphatic heterocycles. The highest BCUT2D eigenvalue weighted by atomic mass is 35.5. The number of rotatable bonds is 3. The molecule has 0 amide bonds. The highest BCUT2D eigenvalue weighted by Gasteiger charge is 2.27. The van der Waals surface area contributed by atoms with Gasteiger partial charge in [0, 0.05) is 10.6 Å². The van der Waals surface area contributed by atoms with Crippen molar-refractivity contribution in [3.8, 4) is 5.75 Å². The van der Waals surface area contributed by atoms with Gasteiger partial charge in [-0.1, -0.05) is 43.7 Å². The van der Waals surface area contributed by atoms with E-state index in [1.54, 1.807) is 7.11 Å². The Morgan fingerprint density at radius 2 is 1.79 bits per heavy atom. The van der Waals surface area contributed by atoms with Crippen molar-refractivity contribution in [2.24, 2.45) is 5.73 Å². The number of ether oxygens (including phenoxy) is 1. The van der Waals surface area contributed by atoms with Crippen molar-refractivity contribution in [2.45, 2.75) is 56.9 Å². The molecule has 0 atom stereocenters. The van der Waals surface area contributed by atoms with Crippen molar-refractivity contribution in [2.75, 3.05) is 7.11 Å². The van der Waals surface area contributed by atoms with Gasteiger partial charge in [-0.3, -0.25) is 0 Å². The van der Waals surface area contributed by atoms with E-state index >= 15 is 0 Å². The molecule has 1 aromatic carbocycles. The van der Waals surface area contributed by atoms with Crippen molar-refractivity contribution < 1.29 is 4.74 Å². The number of nitrogens with two attached hydrogens (primary N) is 1. The zero-order valence-electron chi connectivity index (χ0n) is 11.8. The molecule has 2 N–H and O–H groups in total. The maximum absolute atomic E-state index is 6.64. The molecule has 0 saturated heterocycles. The minimum Gasteiger partial charge on any atom is -0.496 e. The van der Waals surface area contributed by atoms with Gasteiger partial charge < -0.3 is 10.5 Å². The molecule has 0 bridgehead atoms. The van der Waals surface area contributed by atoms with Gasteiger partial charge in [-0.25, -0.2) is 0 Å². The predicted molar refractivity (Wildman–Crippen MR) is 80.9 cm³/mol. The summed E-state index contributed by atoms with van der Waals surface area (Å²) >= 11 is 6.10. The monoisotopic (exact) mass is 281 g/mol. The second-order valence-electron chi connectivity index (χ2n) is 5.76. The van der Waals surface area contributed by atoms with E-state index in [0.29, 0.717) is 0 Å². The van der Waals surface area contributed by atoms with E-state index in [2.05, 4.69) is 0 Å². The van der Waals surface area contributed by atoms with Crippen LogP contribution in [0, 0.1) is 0 Å². The molecule has 3 heteroatoms. The summed E-state index contributed by atoms with van der Waals surface area (Å²) < 4.78 is 5.43. The van der Waals surface area contributed by atoms with Crippen molar-refractivity contribution in [3.05, 3.63) is 28.8 Å². The molecule has 2 rings (SSSR count). The number of hydrogen-bond donors (Lipinski definition) is 1. The van der Waals surface area contributed by atoms with Crippen LogP contribution in [0.2, 0.25) is 5.02 Å². The third-order valence-electron chi connectivity index (χ3n) is 4.13. The maximum Gasteiger partial charge on any atom is 0.122 e. The maximum atomic E-state index is 6.64. The minimum absolute atomic E-state index is 0.0988. The Balaban J connectivity index is 2.15. The summed E-state index contributed by atoms with van der Waals surface area (Å²) in [5, 5.41) is 0.755. The molecule has 0 spiro atoms. The van der Waals surface area contributed by atoms with E-state index in [4.69, 9.17) is 22.1 Å². The molecule has 1 aliphatic carbocycles.